The Hall–Kier alpha value is -1.36. The molecule has 0 saturated carbocycles. The van der Waals surface area contributed by atoms with E-state index < -0.39 is 9.84 Å². The maximum atomic E-state index is 11.9. The summed E-state index contributed by atoms with van der Waals surface area (Å²) in [7, 11) is -2.87. The lowest BCUT2D eigenvalue weighted by atomic mass is 10.1. The second kappa shape index (κ2) is 5.10. The number of hydrogen-bond donors (Lipinski definition) is 1. The van der Waals surface area contributed by atoms with Crippen molar-refractivity contribution in [3.63, 3.8) is 0 Å². The Bertz CT molecular complexity index is 551. The molecule has 1 N–H and O–H groups in total. The summed E-state index contributed by atoms with van der Waals surface area (Å²) in [5.74, 6) is 0.366. The van der Waals surface area contributed by atoms with Gasteiger partial charge in [-0.25, -0.2) is 8.42 Å². The molecule has 1 atom stereocenters. The molecule has 98 valence electrons. The van der Waals surface area contributed by atoms with Gasteiger partial charge in [-0.3, -0.25) is 4.79 Å². The SMILES string of the molecule is Cc1cccc(C(=O)NCC2CCS(=O)(=O)C2)c1. The van der Waals surface area contributed by atoms with Crippen LogP contribution in [0.3, 0.4) is 0 Å². The highest BCUT2D eigenvalue weighted by molar-refractivity contribution is 7.91. The lowest BCUT2D eigenvalue weighted by molar-refractivity contribution is 0.0948. The zero-order valence-corrected chi connectivity index (χ0v) is 11.2. The van der Waals surface area contributed by atoms with Gasteiger partial charge in [0, 0.05) is 12.1 Å². The maximum absolute atomic E-state index is 11.9. The number of rotatable bonds is 3. The molecule has 1 aromatic carbocycles. The summed E-state index contributed by atoms with van der Waals surface area (Å²) in [5, 5.41) is 2.80. The van der Waals surface area contributed by atoms with Gasteiger partial charge in [0.05, 0.1) is 11.5 Å². The Labute approximate surface area is 107 Å². The van der Waals surface area contributed by atoms with Crippen LogP contribution in [0.4, 0.5) is 0 Å². The summed E-state index contributed by atoms with van der Waals surface area (Å²) in [6.07, 6.45) is 0.649. The number of nitrogens with one attached hydrogen (secondary N) is 1. The molecular weight excluding hydrogens is 250 g/mol. The smallest absolute Gasteiger partial charge is 0.251 e. The molecule has 0 aliphatic carbocycles. The fourth-order valence-electron chi connectivity index (χ4n) is 2.16. The molecule has 0 spiro atoms. The van der Waals surface area contributed by atoms with E-state index in [4.69, 9.17) is 0 Å². The highest BCUT2D eigenvalue weighted by Crippen LogP contribution is 2.17. The fraction of sp³-hybridized carbons (Fsp3) is 0.462. The molecule has 0 aromatic heterocycles. The lowest BCUT2D eigenvalue weighted by Crippen LogP contribution is -2.29. The Morgan fingerprint density at radius 2 is 2.22 bits per heavy atom. The van der Waals surface area contributed by atoms with E-state index in [9.17, 15) is 13.2 Å². The van der Waals surface area contributed by atoms with Gasteiger partial charge in [-0.2, -0.15) is 0 Å². The zero-order valence-electron chi connectivity index (χ0n) is 10.3. The molecule has 0 bridgehead atoms. The van der Waals surface area contributed by atoms with Crippen molar-refractivity contribution in [2.24, 2.45) is 5.92 Å². The molecule has 1 heterocycles. The first-order valence-electron chi connectivity index (χ1n) is 6.01. The van der Waals surface area contributed by atoms with Crippen LogP contribution in [-0.2, 0) is 9.84 Å². The van der Waals surface area contributed by atoms with E-state index in [2.05, 4.69) is 5.32 Å². The Morgan fingerprint density at radius 1 is 1.44 bits per heavy atom. The topological polar surface area (TPSA) is 63.2 Å². The molecule has 1 amide bonds. The standard InChI is InChI=1S/C13H17NO3S/c1-10-3-2-4-12(7-10)13(15)14-8-11-5-6-18(16,17)9-11/h2-4,7,11H,5-6,8-9H2,1H3,(H,14,15). The molecule has 18 heavy (non-hydrogen) atoms. The lowest BCUT2D eigenvalue weighted by Gasteiger charge is -2.09. The second-order valence-corrected chi connectivity index (χ2v) is 7.08. The van der Waals surface area contributed by atoms with Crippen LogP contribution in [0.25, 0.3) is 0 Å². The summed E-state index contributed by atoms with van der Waals surface area (Å²) >= 11 is 0. The number of carbonyl (C=O) groups excluding carboxylic acids is 1. The molecule has 1 saturated heterocycles. The van der Waals surface area contributed by atoms with Crippen LogP contribution in [0.15, 0.2) is 24.3 Å². The van der Waals surface area contributed by atoms with Gasteiger partial charge in [0.25, 0.3) is 5.91 Å². The van der Waals surface area contributed by atoms with Crippen molar-refractivity contribution in [3.8, 4) is 0 Å². The molecular formula is C13H17NO3S. The van der Waals surface area contributed by atoms with Gasteiger partial charge in [-0.1, -0.05) is 17.7 Å². The first-order chi connectivity index (χ1) is 8.46. The number of carbonyl (C=O) groups is 1. The van der Waals surface area contributed by atoms with E-state index in [0.29, 0.717) is 18.5 Å². The van der Waals surface area contributed by atoms with Gasteiger partial charge in [0.15, 0.2) is 9.84 Å². The number of benzene rings is 1. The fourth-order valence-corrected chi connectivity index (χ4v) is 4.02. The van der Waals surface area contributed by atoms with E-state index in [1.54, 1.807) is 6.07 Å². The maximum Gasteiger partial charge on any atom is 0.251 e. The summed E-state index contributed by atoms with van der Waals surface area (Å²) in [6.45, 7) is 2.37. The third-order valence-electron chi connectivity index (χ3n) is 3.16. The average molecular weight is 267 g/mol. The van der Waals surface area contributed by atoms with Crippen molar-refractivity contribution in [3.05, 3.63) is 35.4 Å². The van der Waals surface area contributed by atoms with Crippen LogP contribution in [0, 0.1) is 12.8 Å². The summed E-state index contributed by atoms with van der Waals surface area (Å²) in [4.78, 5) is 11.9. The van der Waals surface area contributed by atoms with Crippen molar-refractivity contribution in [1.29, 1.82) is 0 Å². The number of amides is 1. The molecule has 0 radical (unpaired) electrons. The van der Waals surface area contributed by atoms with E-state index in [1.807, 2.05) is 25.1 Å². The third kappa shape index (κ3) is 3.32. The summed E-state index contributed by atoms with van der Waals surface area (Å²) in [6, 6.07) is 7.35. The van der Waals surface area contributed by atoms with Gasteiger partial charge in [-0.15, -0.1) is 0 Å². The molecule has 4 nitrogen and oxygen atoms in total. The first kappa shape index (κ1) is 13.1. The Kier molecular flexibility index (Phi) is 3.71. The van der Waals surface area contributed by atoms with Crippen LogP contribution in [0.5, 0.6) is 0 Å². The first-order valence-corrected chi connectivity index (χ1v) is 7.84. The highest BCUT2D eigenvalue weighted by Gasteiger charge is 2.27. The third-order valence-corrected chi connectivity index (χ3v) is 5.00. The molecule has 1 unspecified atom stereocenters. The van der Waals surface area contributed by atoms with Crippen molar-refractivity contribution in [2.45, 2.75) is 13.3 Å². The van der Waals surface area contributed by atoms with Crippen LogP contribution >= 0.6 is 0 Å². The molecule has 1 aliphatic rings. The second-order valence-electron chi connectivity index (χ2n) is 4.85. The van der Waals surface area contributed by atoms with E-state index in [-0.39, 0.29) is 23.3 Å². The molecule has 5 heteroatoms. The molecule has 2 rings (SSSR count). The zero-order chi connectivity index (χ0) is 13.2. The molecule has 1 aliphatic heterocycles. The predicted molar refractivity (Wildman–Crippen MR) is 70.3 cm³/mol. The van der Waals surface area contributed by atoms with Gasteiger partial charge in [0.1, 0.15) is 0 Å². The average Bonchev–Trinajstić information content (AvgIpc) is 2.66. The largest absolute Gasteiger partial charge is 0.352 e. The van der Waals surface area contributed by atoms with Crippen LogP contribution in [0.2, 0.25) is 0 Å². The van der Waals surface area contributed by atoms with Gasteiger partial charge < -0.3 is 5.32 Å². The highest BCUT2D eigenvalue weighted by atomic mass is 32.2. The summed E-state index contributed by atoms with van der Waals surface area (Å²) in [5.41, 5.74) is 1.65. The number of sulfone groups is 1. The monoisotopic (exact) mass is 267 g/mol. The molecule has 1 fully saturated rings. The number of hydrogen-bond acceptors (Lipinski definition) is 3. The van der Waals surface area contributed by atoms with Crippen LogP contribution in [0.1, 0.15) is 22.3 Å². The van der Waals surface area contributed by atoms with Crippen molar-refractivity contribution in [1.82, 2.24) is 5.32 Å². The van der Waals surface area contributed by atoms with Crippen LogP contribution < -0.4 is 5.32 Å². The van der Waals surface area contributed by atoms with Gasteiger partial charge in [0.2, 0.25) is 0 Å². The quantitative estimate of drug-likeness (QED) is 0.894. The normalized spacial score (nSPS) is 21.7. The summed E-state index contributed by atoms with van der Waals surface area (Å²) < 4.78 is 22.6. The van der Waals surface area contributed by atoms with Crippen molar-refractivity contribution >= 4 is 15.7 Å². The number of aryl methyl sites for hydroxylation is 1. The van der Waals surface area contributed by atoms with Crippen molar-refractivity contribution < 1.29 is 13.2 Å². The van der Waals surface area contributed by atoms with E-state index >= 15 is 0 Å². The molecule has 1 aromatic rings. The minimum atomic E-state index is -2.87. The minimum Gasteiger partial charge on any atom is -0.352 e. The minimum absolute atomic E-state index is 0.0590. The Balaban J connectivity index is 1.90. The van der Waals surface area contributed by atoms with Gasteiger partial charge >= 0.3 is 0 Å². The van der Waals surface area contributed by atoms with Crippen LogP contribution in [-0.4, -0.2) is 32.4 Å². The van der Waals surface area contributed by atoms with E-state index in [0.717, 1.165) is 5.56 Å². The van der Waals surface area contributed by atoms with Gasteiger partial charge in [-0.05, 0) is 31.4 Å². The Morgan fingerprint density at radius 3 is 2.83 bits per heavy atom. The predicted octanol–water partition coefficient (Wildman–Crippen LogP) is 1.16. The van der Waals surface area contributed by atoms with E-state index in [1.165, 1.54) is 0 Å². The van der Waals surface area contributed by atoms with Crippen molar-refractivity contribution in [2.75, 3.05) is 18.1 Å².